The summed E-state index contributed by atoms with van der Waals surface area (Å²) in [6.45, 7) is 0.951. The molecule has 1 fully saturated rings. The fourth-order valence-corrected chi connectivity index (χ4v) is 3.05. The summed E-state index contributed by atoms with van der Waals surface area (Å²) in [6.07, 6.45) is -2.78. The van der Waals surface area contributed by atoms with Crippen molar-refractivity contribution in [3.8, 4) is 0 Å². The van der Waals surface area contributed by atoms with E-state index in [0.717, 1.165) is 0 Å². The van der Waals surface area contributed by atoms with Gasteiger partial charge in [0.1, 0.15) is 34.2 Å². The molecule has 9 nitrogen and oxygen atoms in total. The van der Waals surface area contributed by atoms with Crippen LogP contribution in [0.2, 0.25) is 0 Å². The molecule has 1 saturated heterocycles. The normalized spacial score (nSPS) is 27.5. The number of anilines is 1. The van der Waals surface area contributed by atoms with E-state index in [1.54, 1.807) is 6.07 Å². The highest BCUT2D eigenvalue weighted by atomic mass is 79.9. The topological polar surface area (TPSA) is 130 Å². The van der Waals surface area contributed by atoms with Gasteiger partial charge in [-0.3, -0.25) is 4.79 Å². The molecule has 0 bridgehead atoms. The van der Waals surface area contributed by atoms with Gasteiger partial charge in [-0.2, -0.15) is 0 Å². The molecule has 1 amide bonds. The molecule has 2 aromatic heterocycles. The lowest BCUT2D eigenvalue weighted by atomic mass is 10.1. The smallest absolute Gasteiger partial charge is 0.222 e. The summed E-state index contributed by atoms with van der Waals surface area (Å²) in [7, 11) is 0. The molecule has 0 aliphatic carbocycles. The Morgan fingerprint density at radius 1 is 1.48 bits per heavy atom. The predicted molar refractivity (Wildman–Crippen MR) is 82.5 cm³/mol. The van der Waals surface area contributed by atoms with Gasteiger partial charge in [0.25, 0.3) is 0 Å². The highest BCUT2D eigenvalue weighted by Crippen LogP contribution is 2.33. The maximum Gasteiger partial charge on any atom is 0.222 e. The van der Waals surface area contributed by atoms with Crippen molar-refractivity contribution in [1.29, 1.82) is 0 Å². The molecule has 0 unspecified atom stereocenters. The van der Waals surface area contributed by atoms with Crippen LogP contribution in [0.15, 0.2) is 17.0 Å². The van der Waals surface area contributed by atoms with Gasteiger partial charge in [-0.05, 0) is 15.9 Å². The summed E-state index contributed by atoms with van der Waals surface area (Å²) in [5, 5.41) is 31.8. The number of aliphatic hydroxyl groups excluding tert-OH is 3. The molecule has 0 radical (unpaired) electrons. The molecule has 0 saturated carbocycles. The van der Waals surface area contributed by atoms with Crippen LogP contribution in [0.25, 0.3) is 11.0 Å². The molecule has 1 aliphatic rings. The SMILES string of the molecule is CC(=O)Nc1cc2c(ncn2[C@@H]2O[C@@H](CO)[C@@H](O)[C@H]2O)c(Br)n1. The molecular weight excluding hydrogens is 372 g/mol. The third kappa shape index (κ3) is 2.83. The lowest BCUT2D eigenvalue weighted by molar-refractivity contribution is -0.114. The second kappa shape index (κ2) is 6.13. The van der Waals surface area contributed by atoms with E-state index in [4.69, 9.17) is 4.74 Å². The Labute approximate surface area is 139 Å². The zero-order valence-electron chi connectivity index (χ0n) is 12.0. The highest BCUT2D eigenvalue weighted by molar-refractivity contribution is 9.10. The third-order valence-electron chi connectivity index (χ3n) is 3.61. The Morgan fingerprint density at radius 2 is 2.22 bits per heavy atom. The minimum absolute atomic E-state index is 0.275. The number of aliphatic hydroxyl groups is 3. The molecule has 1 aliphatic heterocycles. The average Bonchev–Trinajstić information content (AvgIpc) is 3.01. The van der Waals surface area contributed by atoms with E-state index in [1.807, 2.05) is 0 Å². The van der Waals surface area contributed by atoms with E-state index in [2.05, 4.69) is 31.2 Å². The Bertz CT molecular complexity index is 751. The Balaban J connectivity index is 2.05. The van der Waals surface area contributed by atoms with Crippen molar-refractivity contribution in [1.82, 2.24) is 14.5 Å². The number of hydrogen-bond donors (Lipinski definition) is 4. The van der Waals surface area contributed by atoms with Gasteiger partial charge >= 0.3 is 0 Å². The standard InChI is InChI=1S/C13H15BrN4O5/c1-5(20)16-8-2-6-9(12(14)17-8)15-4-18(6)13-11(22)10(21)7(3-19)23-13/h2,4,7,10-11,13,19,21-22H,3H2,1H3,(H,16,17,20)/t7-,10+,11+,13+/m0/s1. The number of carbonyl (C=O) groups is 1. The maximum absolute atomic E-state index is 11.2. The number of pyridine rings is 1. The van der Waals surface area contributed by atoms with Crippen LogP contribution in [0.5, 0.6) is 0 Å². The van der Waals surface area contributed by atoms with Crippen molar-refractivity contribution in [3.63, 3.8) is 0 Å². The summed E-state index contributed by atoms with van der Waals surface area (Å²) in [5.41, 5.74) is 1.06. The van der Waals surface area contributed by atoms with Crippen LogP contribution in [0.3, 0.4) is 0 Å². The van der Waals surface area contributed by atoms with Crippen LogP contribution in [0.4, 0.5) is 5.82 Å². The Kier molecular flexibility index (Phi) is 4.34. The minimum Gasteiger partial charge on any atom is -0.394 e. The Morgan fingerprint density at radius 3 is 2.83 bits per heavy atom. The summed E-state index contributed by atoms with van der Waals surface area (Å²) in [4.78, 5) is 19.6. The zero-order chi connectivity index (χ0) is 16.7. The van der Waals surface area contributed by atoms with Crippen LogP contribution < -0.4 is 5.32 Å². The number of carbonyl (C=O) groups excluding carboxylic acids is 1. The fourth-order valence-electron chi connectivity index (χ4n) is 2.55. The average molecular weight is 387 g/mol. The van der Waals surface area contributed by atoms with Crippen LogP contribution in [-0.2, 0) is 9.53 Å². The van der Waals surface area contributed by atoms with Gasteiger partial charge in [-0.1, -0.05) is 0 Å². The molecule has 3 heterocycles. The van der Waals surface area contributed by atoms with Crippen molar-refractivity contribution in [2.24, 2.45) is 0 Å². The number of nitrogens with one attached hydrogen (secondary N) is 1. The van der Waals surface area contributed by atoms with Gasteiger partial charge in [0.2, 0.25) is 5.91 Å². The van der Waals surface area contributed by atoms with Gasteiger partial charge in [0.15, 0.2) is 6.23 Å². The van der Waals surface area contributed by atoms with Gasteiger partial charge in [0, 0.05) is 13.0 Å². The zero-order valence-corrected chi connectivity index (χ0v) is 13.6. The number of nitrogens with zero attached hydrogens (tertiary/aromatic N) is 3. The van der Waals surface area contributed by atoms with Crippen LogP contribution in [-0.4, -0.2) is 60.7 Å². The fraction of sp³-hybridized carbons (Fsp3) is 0.462. The molecule has 0 spiro atoms. The molecule has 0 aromatic carbocycles. The molecule has 4 N–H and O–H groups in total. The minimum atomic E-state index is -1.22. The number of ether oxygens (including phenoxy) is 1. The predicted octanol–water partition coefficient (Wildman–Crippen LogP) is -0.236. The Hall–Kier alpha value is -1.59. The van der Waals surface area contributed by atoms with E-state index in [1.165, 1.54) is 17.8 Å². The van der Waals surface area contributed by atoms with Crippen LogP contribution in [0.1, 0.15) is 13.2 Å². The summed E-state index contributed by atoms with van der Waals surface area (Å²) >= 11 is 3.28. The van der Waals surface area contributed by atoms with Gasteiger partial charge in [0.05, 0.1) is 18.5 Å². The molecule has 4 atom stereocenters. The molecule has 23 heavy (non-hydrogen) atoms. The second-order valence-corrected chi connectivity index (χ2v) is 5.98. The van der Waals surface area contributed by atoms with E-state index in [0.29, 0.717) is 21.5 Å². The second-order valence-electron chi connectivity index (χ2n) is 5.23. The van der Waals surface area contributed by atoms with E-state index >= 15 is 0 Å². The van der Waals surface area contributed by atoms with Crippen molar-refractivity contribution in [2.75, 3.05) is 11.9 Å². The number of halogens is 1. The van der Waals surface area contributed by atoms with Gasteiger partial charge in [-0.15, -0.1) is 0 Å². The largest absolute Gasteiger partial charge is 0.394 e. The summed E-state index contributed by atoms with van der Waals surface area (Å²) in [5.74, 6) is 0.0353. The molecular formula is C13H15BrN4O5. The first kappa shape index (κ1) is 16.3. The first-order valence-electron chi connectivity index (χ1n) is 6.85. The maximum atomic E-state index is 11.2. The number of aromatic nitrogens is 3. The van der Waals surface area contributed by atoms with Crippen LogP contribution in [0, 0.1) is 0 Å². The molecule has 10 heteroatoms. The van der Waals surface area contributed by atoms with Crippen molar-refractivity contribution in [3.05, 3.63) is 17.0 Å². The summed E-state index contributed by atoms with van der Waals surface area (Å²) < 4.78 is 7.44. The highest BCUT2D eigenvalue weighted by Gasteiger charge is 2.43. The quantitative estimate of drug-likeness (QED) is 0.535. The van der Waals surface area contributed by atoms with E-state index in [-0.39, 0.29) is 5.91 Å². The lowest BCUT2D eigenvalue weighted by Gasteiger charge is -2.17. The van der Waals surface area contributed by atoms with E-state index in [9.17, 15) is 20.1 Å². The number of rotatable bonds is 3. The molecule has 3 rings (SSSR count). The first-order valence-corrected chi connectivity index (χ1v) is 7.64. The van der Waals surface area contributed by atoms with Crippen molar-refractivity contribution in [2.45, 2.75) is 31.5 Å². The van der Waals surface area contributed by atoms with Crippen molar-refractivity contribution >= 4 is 38.7 Å². The molecule has 124 valence electrons. The van der Waals surface area contributed by atoms with Crippen LogP contribution >= 0.6 is 15.9 Å². The van der Waals surface area contributed by atoms with Gasteiger partial charge in [-0.25, -0.2) is 9.97 Å². The lowest BCUT2D eigenvalue weighted by Crippen LogP contribution is -2.33. The number of fused-ring (bicyclic) bond motifs is 1. The number of hydrogen-bond acceptors (Lipinski definition) is 7. The number of imidazole rings is 1. The number of amides is 1. The first-order chi connectivity index (χ1) is 10.9. The summed E-state index contributed by atoms with van der Waals surface area (Å²) in [6, 6.07) is 1.59. The molecule has 2 aromatic rings. The van der Waals surface area contributed by atoms with E-state index < -0.39 is 31.1 Å². The third-order valence-corrected chi connectivity index (χ3v) is 4.17. The van der Waals surface area contributed by atoms with Crippen molar-refractivity contribution < 1.29 is 24.9 Å². The monoisotopic (exact) mass is 386 g/mol. The van der Waals surface area contributed by atoms with Gasteiger partial charge < -0.3 is 29.9 Å².